The molecule has 4 nitrogen and oxygen atoms in total. The van der Waals surface area contributed by atoms with Crippen LogP contribution in [0, 0.1) is 0 Å². The van der Waals surface area contributed by atoms with Crippen LogP contribution in [0.2, 0.25) is 0 Å². The number of ether oxygens (including phenoxy) is 1. The van der Waals surface area contributed by atoms with E-state index in [9.17, 15) is 4.79 Å². The summed E-state index contributed by atoms with van der Waals surface area (Å²) in [6.07, 6.45) is 0.634. The number of rotatable bonds is 2. The molecule has 2 aromatic carbocycles. The minimum atomic E-state index is -0.336. The van der Waals surface area contributed by atoms with Crippen LogP contribution in [0.25, 0.3) is 10.9 Å². The number of benzene rings is 2. The monoisotopic (exact) mass is 306 g/mol. The van der Waals surface area contributed by atoms with Crippen LogP contribution in [-0.2, 0) is 16.0 Å². The van der Waals surface area contributed by atoms with Gasteiger partial charge in [-0.05, 0) is 17.2 Å². The Morgan fingerprint density at radius 2 is 1.83 bits per heavy atom. The second-order valence-corrected chi connectivity index (χ2v) is 5.85. The standard InChI is InChI=1S/C19H18N2O2/c1-23-19(22)16-11-14-13-9-5-6-10-15(13)20-18(14)17(21-16)12-7-3-2-4-8-12/h2-10,16-17,20-21H,11H2,1H3/t16-,17?/m1/s1. The van der Waals surface area contributed by atoms with Gasteiger partial charge in [0.05, 0.1) is 13.2 Å². The highest BCUT2D eigenvalue weighted by Gasteiger charge is 2.34. The van der Waals surface area contributed by atoms with Crippen molar-refractivity contribution in [1.82, 2.24) is 10.3 Å². The smallest absolute Gasteiger partial charge is 0.323 e. The highest BCUT2D eigenvalue weighted by Crippen LogP contribution is 2.35. The van der Waals surface area contributed by atoms with Crippen molar-refractivity contribution in [1.29, 1.82) is 0 Å². The number of hydrogen-bond donors (Lipinski definition) is 2. The summed E-state index contributed by atoms with van der Waals surface area (Å²) in [4.78, 5) is 15.6. The van der Waals surface area contributed by atoms with Crippen LogP contribution in [-0.4, -0.2) is 24.1 Å². The van der Waals surface area contributed by atoms with Crippen LogP contribution in [0.1, 0.15) is 22.9 Å². The highest BCUT2D eigenvalue weighted by molar-refractivity contribution is 5.87. The normalized spacial score (nSPS) is 20.2. The predicted molar refractivity (Wildman–Crippen MR) is 89.2 cm³/mol. The molecule has 1 aliphatic rings. The maximum absolute atomic E-state index is 12.1. The predicted octanol–water partition coefficient (Wildman–Crippen LogP) is 2.94. The van der Waals surface area contributed by atoms with Crippen LogP contribution in [0.3, 0.4) is 0 Å². The molecule has 2 heterocycles. The summed E-state index contributed by atoms with van der Waals surface area (Å²) in [7, 11) is 1.44. The summed E-state index contributed by atoms with van der Waals surface area (Å²) in [5, 5.41) is 4.61. The van der Waals surface area contributed by atoms with Crippen molar-refractivity contribution in [2.45, 2.75) is 18.5 Å². The molecule has 4 rings (SSSR count). The van der Waals surface area contributed by atoms with Crippen molar-refractivity contribution in [3.63, 3.8) is 0 Å². The van der Waals surface area contributed by atoms with E-state index in [0.29, 0.717) is 6.42 Å². The maximum Gasteiger partial charge on any atom is 0.323 e. The van der Waals surface area contributed by atoms with Crippen LogP contribution < -0.4 is 5.32 Å². The summed E-state index contributed by atoms with van der Waals surface area (Å²) in [6.45, 7) is 0. The lowest BCUT2D eigenvalue weighted by Gasteiger charge is -2.30. The number of carbonyl (C=O) groups is 1. The third-order valence-electron chi connectivity index (χ3n) is 4.53. The van der Waals surface area contributed by atoms with Crippen LogP contribution >= 0.6 is 0 Å². The first-order valence-electron chi connectivity index (χ1n) is 7.76. The maximum atomic E-state index is 12.1. The van der Waals surface area contributed by atoms with Crippen molar-refractivity contribution in [2.75, 3.05) is 7.11 Å². The number of aromatic nitrogens is 1. The third-order valence-corrected chi connectivity index (χ3v) is 4.53. The largest absolute Gasteiger partial charge is 0.468 e. The number of H-pyrrole nitrogens is 1. The first-order valence-corrected chi connectivity index (χ1v) is 7.76. The molecule has 3 aromatic rings. The fourth-order valence-corrected chi connectivity index (χ4v) is 3.44. The molecule has 0 spiro atoms. The minimum absolute atomic E-state index is 0.0450. The van der Waals surface area contributed by atoms with Crippen molar-refractivity contribution in [3.8, 4) is 0 Å². The molecule has 116 valence electrons. The molecule has 0 radical (unpaired) electrons. The van der Waals surface area contributed by atoms with Crippen molar-refractivity contribution >= 4 is 16.9 Å². The van der Waals surface area contributed by atoms with Gasteiger partial charge in [-0.25, -0.2) is 0 Å². The SMILES string of the molecule is COC(=O)[C@H]1Cc2c([nH]c3ccccc23)C(c2ccccc2)N1. The average molecular weight is 306 g/mol. The van der Waals surface area contributed by atoms with Gasteiger partial charge in [-0.2, -0.15) is 0 Å². The Labute approximate surface area is 134 Å². The van der Waals surface area contributed by atoms with Gasteiger partial charge in [0.2, 0.25) is 0 Å². The van der Waals surface area contributed by atoms with E-state index in [0.717, 1.165) is 16.8 Å². The Hall–Kier alpha value is -2.59. The number of aromatic amines is 1. The molecule has 0 amide bonds. The van der Waals surface area contributed by atoms with Gasteiger partial charge in [0.15, 0.2) is 0 Å². The van der Waals surface area contributed by atoms with Crippen molar-refractivity contribution in [2.24, 2.45) is 0 Å². The first kappa shape index (κ1) is 14.0. The Balaban J connectivity index is 1.88. The van der Waals surface area contributed by atoms with Crippen LogP contribution in [0.4, 0.5) is 0 Å². The third kappa shape index (κ3) is 2.32. The molecule has 0 bridgehead atoms. The zero-order valence-corrected chi connectivity index (χ0v) is 12.9. The number of para-hydroxylation sites is 1. The van der Waals surface area contributed by atoms with Gasteiger partial charge in [-0.1, -0.05) is 48.5 Å². The lowest BCUT2D eigenvalue weighted by Crippen LogP contribution is -2.45. The summed E-state index contributed by atoms with van der Waals surface area (Å²) in [5.74, 6) is -0.220. The molecule has 23 heavy (non-hydrogen) atoms. The number of hydrogen-bond acceptors (Lipinski definition) is 3. The van der Waals surface area contributed by atoms with E-state index in [1.165, 1.54) is 18.1 Å². The lowest BCUT2D eigenvalue weighted by molar-refractivity contribution is -0.143. The van der Waals surface area contributed by atoms with Gasteiger partial charge in [-0.15, -0.1) is 0 Å². The molecule has 0 aliphatic carbocycles. The van der Waals surface area contributed by atoms with Gasteiger partial charge in [0.25, 0.3) is 0 Å². The molecular formula is C19H18N2O2. The van der Waals surface area contributed by atoms with Gasteiger partial charge in [0.1, 0.15) is 6.04 Å². The minimum Gasteiger partial charge on any atom is -0.468 e. The topological polar surface area (TPSA) is 54.1 Å². The molecule has 0 saturated heterocycles. The molecule has 2 N–H and O–H groups in total. The number of nitrogens with one attached hydrogen (secondary N) is 2. The number of fused-ring (bicyclic) bond motifs is 3. The lowest BCUT2D eigenvalue weighted by atomic mass is 9.90. The molecular weight excluding hydrogens is 288 g/mol. The fourth-order valence-electron chi connectivity index (χ4n) is 3.44. The Morgan fingerprint density at radius 1 is 1.09 bits per heavy atom. The number of carbonyl (C=O) groups excluding carboxylic acids is 1. The first-order chi connectivity index (χ1) is 11.3. The molecule has 2 atom stereocenters. The second-order valence-electron chi connectivity index (χ2n) is 5.85. The summed E-state index contributed by atoms with van der Waals surface area (Å²) in [5.41, 5.74) is 4.57. The van der Waals surface area contributed by atoms with Gasteiger partial charge in [0, 0.05) is 23.0 Å². The molecule has 4 heteroatoms. The van der Waals surface area contributed by atoms with Crippen molar-refractivity contribution in [3.05, 3.63) is 71.4 Å². The van der Waals surface area contributed by atoms with Gasteiger partial charge >= 0.3 is 5.97 Å². The van der Waals surface area contributed by atoms with E-state index in [2.05, 4.69) is 34.6 Å². The van der Waals surface area contributed by atoms with E-state index in [4.69, 9.17) is 4.74 Å². The summed E-state index contributed by atoms with van der Waals surface area (Å²) < 4.78 is 4.97. The van der Waals surface area contributed by atoms with E-state index < -0.39 is 0 Å². The quantitative estimate of drug-likeness (QED) is 0.716. The Bertz CT molecular complexity index is 854. The zero-order chi connectivity index (χ0) is 15.8. The number of methoxy groups -OCH3 is 1. The fraction of sp³-hybridized carbons (Fsp3) is 0.211. The molecule has 1 aliphatic heterocycles. The zero-order valence-electron chi connectivity index (χ0n) is 12.9. The number of esters is 1. The van der Waals surface area contributed by atoms with Gasteiger partial charge < -0.3 is 9.72 Å². The average Bonchev–Trinajstić information content (AvgIpc) is 2.99. The molecule has 0 saturated carbocycles. The van der Waals surface area contributed by atoms with Crippen molar-refractivity contribution < 1.29 is 9.53 Å². The van der Waals surface area contributed by atoms with E-state index in [1.54, 1.807) is 0 Å². The van der Waals surface area contributed by atoms with Gasteiger partial charge in [-0.3, -0.25) is 10.1 Å². The molecule has 1 aromatic heterocycles. The Morgan fingerprint density at radius 3 is 2.61 bits per heavy atom. The van der Waals surface area contributed by atoms with E-state index >= 15 is 0 Å². The summed E-state index contributed by atoms with van der Waals surface area (Å²) in [6, 6.07) is 18.0. The van der Waals surface area contributed by atoms with Crippen LogP contribution in [0.15, 0.2) is 54.6 Å². The van der Waals surface area contributed by atoms with Crippen LogP contribution in [0.5, 0.6) is 0 Å². The Kier molecular flexibility index (Phi) is 3.39. The molecule has 0 fully saturated rings. The molecule has 1 unspecified atom stereocenters. The van der Waals surface area contributed by atoms with E-state index in [1.807, 2.05) is 30.3 Å². The second kappa shape index (κ2) is 5.56. The highest BCUT2D eigenvalue weighted by atomic mass is 16.5. The summed E-state index contributed by atoms with van der Waals surface area (Å²) >= 11 is 0. The van der Waals surface area contributed by atoms with E-state index in [-0.39, 0.29) is 18.1 Å².